The van der Waals surface area contributed by atoms with Crippen LogP contribution in [-0.4, -0.2) is 14.1 Å². The minimum Gasteiger partial charge on any atom is -0.370 e. The number of anilines is 1. The minimum atomic E-state index is -0.164. The van der Waals surface area contributed by atoms with Crippen LogP contribution in [0.2, 0.25) is 0 Å². The van der Waals surface area contributed by atoms with Crippen LogP contribution >= 0.6 is 15.9 Å². The van der Waals surface area contributed by atoms with Crippen molar-refractivity contribution in [3.8, 4) is 0 Å². The van der Waals surface area contributed by atoms with E-state index in [-0.39, 0.29) is 11.9 Å². The van der Waals surface area contributed by atoms with Gasteiger partial charge in [-0.05, 0) is 37.7 Å². The summed E-state index contributed by atoms with van der Waals surface area (Å²) in [5.74, 6) is -0.164. The molecule has 4 heteroatoms. The summed E-state index contributed by atoms with van der Waals surface area (Å²) in [6, 6.07) is 13.3. The number of nitrogens with zero attached hydrogens (tertiary/aromatic N) is 1. The first-order valence-corrected chi connectivity index (χ1v) is 7.73. The summed E-state index contributed by atoms with van der Waals surface area (Å²) in [6.07, 6.45) is 0. The van der Waals surface area contributed by atoms with E-state index < -0.39 is 0 Å². The lowest BCUT2D eigenvalue weighted by Crippen LogP contribution is -2.22. The van der Waals surface area contributed by atoms with Crippen molar-refractivity contribution < 1.29 is 4.39 Å². The van der Waals surface area contributed by atoms with Gasteiger partial charge in [-0.1, -0.05) is 40.2 Å². The van der Waals surface area contributed by atoms with Crippen LogP contribution in [0.1, 0.15) is 24.1 Å². The molecule has 0 fully saturated rings. The molecular formula is C17H20BrFN2. The molecule has 112 valence electrons. The van der Waals surface area contributed by atoms with E-state index in [1.165, 1.54) is 11.6 Å². The first-order chi connectivity index (χ1) is 10.0. The molecule has 0 aromatic heterocycles. The Morgan fingerprint density at radius 2 is 1.95 bits per heavy atom. The number of rotatable bonds is 5. The molecule has 0 aliphatic carbocycles. The number of nitrogens with one attached hydrogen (secondary N) is 1. The number of hydrogen-bond acceptors (Lipinski definition) is 2. The lowest BCUT2D eigenvalue weighted by atomic mass is 10.0. The van der Waals surface area contributed by atoms with Gasteiger partial charge in [0.1, 0.15) is 5.82 Å². The summed E-state index contributed by atoms with van der Waals surface area (Å²) in [7, 11) is 3.92. The maximum absolute atomic E-state index is 13.8. The van der Waals surface area contributed by atoms with Crippen LogP contribution in [0.5, 0.6) is 0 Å². The van der Waals surface area contributed by atoms with Gasteiger partial charge in [-0.3, -0.25) is 0 Å². The molecule has 1 N–H and O–H groups in total. The molecule has 0 spiro atoms. The van der Waals surface area contributed by atoms with E-state index in [2.05, 4.69) is 45.2 Å². The Labute approximate surface area is 134 Å². The van der Waals surface area contributed by atoms with Gasteiger partial charge in [0, 0.05) is 35.4 Å². The van der Waals surface area contributed by atoms with Gasteiger partial charge in [0.05, 0.1) is 0 Å². The van der Waals surface area contributed by atoms with Crippen LogP contribution < -0.4 is 10.2 Å². The molecule has 0 saturated carbocycles. The van der Waals surface area contributed by atoms with Crippen molar-refractivity contribution in [1.29, 1.82) is 0 Å². The van der Waals surface area contributed by atoms with E-state index in [1.807, 2.05) is 32.3 Å². The second-order valence-corrected chi connectivity index (χ2v) is 6.08. The normalized spacial score (nSPS) is 12.2. The standard InChI is InChI=1S/C17H20BrFN2/c1-12(20-2)15-9-8-14(18)10-17(15)21(3)11-13-6-4-5-7-16(13)19/h4-10,12,20H,11H2,1-3H3. The number of benzene rings is 2. The second kappa shape index (κ2) is 7.05. The van der Waals surface area contributed by atoms with E-state index >= 15 is 0 Å². The number of halogens is 2. The molecule has 0 heterocycles. The summed E-state index contributed by atoms with van der Waals surface area (Å²) in [4.78, 5) is 2.08. The highest BCUT2D eigenvalue weighted by molar-refractivity contribution is 9.10. The van der Waals surface area contributed by atoms with Gasteiger partial charge >= 0.3 is 0 Å². The molecule has 0 amide bonds. The zero-order valence-corrected chi connectivity index (χ0v) is 14.1. The van der Waals surface area contributed by atoms with Crippen molar-refractivity contribution in [3.05, 3.63) is 63.9 Å². The molecule has 2 aromatic rings. The fourth-order valence-corrected chi connectivity index (χ4v) is 2.69. The Morgan fingerprint density at radius 3 is 2.62 bits per heavy atom. The van der Waals surface area contributed by atoms with Crippen LogP contribution in [0, 0.1) is 5.82 Å². The third-order valence-corrected chi connectivity index (χ3v) is 4.16. The monoisotopic (exact) mass is 350 g/mol. The molecule has 2 nitrogen and oxygen atoms in total. The van der Waals surface area contributed by atoms with Crippen molar-refractivity contribution in [2.75, 3.05) is 19.0 Å². The quantitative estimate of drug-likeness (QED) is 0.853. The van der Waals surface area contributed by atoms with E-state index in [4.69, 9.17) is 0 Å². The smallest absolute Gasteiger partial charge is 0.128 e. The zero-order chi connectivity index (χ0) is 15.4. The zero-order valence-electron chi connectivity index (χ0n) is 12.5. The summed E-state index contributed by atoms with van der Waals surface area (Å²) in [5.41, 5.74) is 2.98. The van der Waals surface area contributed by atoms with E-state index in [0.29, 0.717) is 12.1 Å². The minimum absolute atomic E-state index is 0.164. The molecule has 2 aromatic carbocycles. The Morgan fingerprint density at radius 1 is 1.24 bits per heavy atom. The lowest BCUT2D eigenvalue weighted by molar-refractivity contribution is 0.606. The molecule has 21 heavy (non-hydrogen) atoms. The van der Waals surface area contributed by atoms with Crippen LogP contribution in [0.3, 0.4) is 0 Å². The van der Waals surface area contributed by atoms with Crippen molar-refractivity contribution in [3.63, 3.8) is 0 Å². The topological polar surface area (TPSA) is 15.3 Å². The van der Waals surface area contributed by atoms with Crippen LogP contribution in [0.15, 0.2) is 46.9 Å². The van der Waals surface area contributed by atoms with Gasteiger partial charge in [0.15, 0.2) is 0 Å². The van der Waals surface area contributed by atoms with Crippen LogP contribution in [-0.2, 0) is 6.54 Å². The molecule has 1 unspecified atom stereocenters. The van der Waals surface area contributed by atoms with Gasteiger partial charge in [0.25, 0.3) is 0 Å². The van der Waals surface area contributed by atoms with Gasteiger partial charge in [-0.15, -0.1) is 0 Å². The average Bonchev–Trinajstić information content (AvgIpc) is 2.48. The third-order valence-electron chi connectivity index (χ3n) is 3.67. The highest BCUT2D eigenvalue weighted by Gasteiger charge is 2.14. The summed E-state index contributed by atoms with van der Waals surface area (Å²) in [6.45, 7) is 2.65. The molecule has 0 radical (unpaired) electrons. The third kappa shape index (κ3) is 3.83. The largest absolute Gasteiger partial charge is 0.370 e. The first kappa shape index (κ1) is 16.0. The predicted molar refractivity (Wildman–Crippen MR) is 90.1 cm³/mol. The molecule has 0 bridgehead atoms. The van der Waals surface area contributed by atoms with E-state index in [9.17, 15) is 4.39 Å². The predicted octanol–water partition coefficient (Wildman–Crippen LogP) is 4.51. The van der Waals surface area contributed by atoms with Crippen molar-refractivity contribution in [2.45, 2.75) is 19.5 Å². The SMILES string of the molecule is CNC(C)c1ccc(Br)cc1N(C)Cc1ccccc1F. The molecule has 0 saturated heterocycles. The molecule has 1 atom stereocenters. The van der Waals surface area contributed by atoms with Gasteiger partial charge in [-0.2, -0.15) is 0 Å². The Bertz CT molecular complexity index is 615. The average molecular weight is 351 g/mol. The van der Waals surface area contributed by atoms with E-state index in [1.54, 1.807) is 6.07 Å². The van der Waals surface area contributed by atoms with Crippen LogP contribution in [0.25, 0.3) is 0 Å². The van der Waals surface area contributed by atoms with Crippen molar-refractivity contribution >= 4 is 21.6 Å². The molecule has 0 aliphatic rings. The highest BCUT2D eigenvalue weighted by Crippen LogP contribution is 2.30. The van der Waals surface area contributed by atoms with E-state index in [0.717, 1.165) is 10.2 Å². The Hall–Kier alpha value is -1.39. The lowest BCUT2D eigenvalue weighted by Gasteiger charge is -2.25. The summed E-state index contributed by atoms with van der Waals surface area (Å²) in [5, 5.41) is 3.26. The highest BCUT2D eigenvalue weighted by atomic mass is 79.9. The first-order valence-electron chi connectivity index (χ1n) is 6.94. The van der Waals surface area contributed by atoms with Crippen LogP contribution in [0.4, 0.5) is 10.1 Å². The molecular weight excluding hydrogens is 331 g/mol. The Kier molecular flexibility index (Phi) is 5.37. The number of hydrogen-bond donors (Lipinski definition) is 1. The maximum atomic E-state index is 13.8. The fourth-order valence-electron chi connectivity index (χ4n) is 2.34. The van der Waals surface area contributed by atoms with Crippen molar-refractivity contribution in [1.82, 2.24) is 5.32 Å². The Balaban J connectivity index is 2.32. The molecule has 0 aliphatic heterocycles. The van der Waals surface area contributed by atoms with Gasteiger partial charge in [-0.25, -0.2) is 4.39 Å². The summed E-state index contributed by atoms with van der Waals surface area (Å²) >= 11 is 3.51. The van der Waals surface area contributed by atoms with Gasteiger partial charge < -0.3 is 10.2 Å². The molecule has 2 rings (SSSR count). The summed E-state index contributed by atoms with van der Waals surface area (Å²) < 4.78 is 14.8. The van der Waals surface area contributed by atoms with Crippen molar-refractivity contribution in [2.24, 2.45) is 0 Å². The van der Waals surface area contributed by atoms with Gasteiger partial charge in [0.2, 0.25) is 0 Å². The fraction of sp³-hybridized carbons (Fsp3) is 0.294. The second-order valence-electron chi connectivity index (χ2n) is 5.16. The maximum Gasteiger partial charge on any atom is 0.128 e.